The highest BCUT2D eigenvalue weighted by Gasteiger charge is 2.23. The van der Waals surface area contributed by atoms with Crippen LogP contribution in [0.4, 0.5) is 0 Å². The first-order chi connectivity index (χ1) is 12.0. The summed E-state index contributed by atoms with van der Waals surface area (Å²) in [4.78, 5) is 30.1. The third-order valence-electron chi connectivity index (χ3n) is 4.53. The van der Waals surface area contributed by atoms with E-state index < -0.39 is 0 Å². The number of primary amides is 1. The van der Waals surface area contributed by atoms with Crippen LogP contribution < -0.4 is 11.1 Å². The maximum absolute atomic E-state index is 12.3. The Morgan fingerprint density at radius 3 is 2.96 bits per heavy atom. The maximum Gasteiger partial charge on any atom is 0.269 e. The van der Waals surface area contributed by atoms with Crippen LogP contribution in [-0.2, 0) is 4.79 Å². The number of halogens is 1. The quantitative estimate of drug-likeness (QED) is 0.851. The third-order valence-corrected chi connectivity index (χ3v) is 4.83. The summed E-state index contributed by atoms with van der Waals surface area (Å²) in [6, 6.07) is 9.04. The van der Waals surface area contributed by atoms with Crippen molar-refractivity contribution in [2.45, 2.75) is 12.8 Å². The molecule has 0 bridgehead atoms. The molecule has 0 saturated carbocycles. The maximum atomic E-state index is 12.3. The van der Waals surface area contributed by atoms with Gasteiger partial charge in [0.25, 0.3) is 5.91 Å². The molecule has 132 valence electrons. The second kappa shape index (κ2) is 7.80. The van der Waals surface area contributed by atoms with Gasteiger partial charge in [0.2, 0.25) is 5.91 Å². The summed E-state index contributed by atoms with van der Waals surface area (Å²) < 4.78 is 0. The van der Waals surface area contributed by atoms with Crippen molar-refractivity contribution in [3.8, 4) is 0 Å². The highest BCUT2D eigenvalue weighted by molar-refractivity contribution is 6.35. The molecule has 6 nitrogen and oxygen atoms in total. The van der Waals surface area contributed by atoms with Gasteiger partial charge in [0, 0.05) is 25.0 Å². The molecular weight excluding hydrogens is 340 g/mol. The van der Waals surface area contributed by atoms with Gasteiger partial charge in [-0.3, -0.25) is 9.59 Å². The number of hydrogen-bond acceptors (Lipinski definition) is 4. The van der Waals surface area contributed by atoms with E-state index in [-0.39, 0.29) is 17.7 Å². The van der Waals surface area contributed by atoms with Crippen LogP contribution in [-0.4, -0.2) is 47.9 Å². The lowest BCUT2D eigenvalue weighted by molar-refractivity contribution is -0.123. The van der Waals surface area contributed by atoms with Crippen LogP contribution in [0.2, 0.25) is 5.02 Å². The highest BCUT2D eigenvalue weighted by Crippen LogP contribution is 2.21. The van der Waals surface area contributed by atoms with Crippen LogP contribution in [0, 0.1) is 5.92 Å². The SMILES string of the molecule is NC(=O)[C@@H]1CCCN(CCNC(=O)c2ccc3cccc(Cl)c3n2)C1. The number of hydrogen-bond donors (Lipinski definition) is 2. The minimum absolute atomic E-state index is 0.0891. The van der Waals surface area contributed by atoms with E-state index in [0.717, 1.165) is 24.8 Å². The van der Waals surface area contributed by atoms with Crippen LogP contribution in [0.5, 0.6) is 0 Å². The number of para-hydroxylation sites is 1. The number of pyridine rings is 1. The van der Waals surface area contributed by atoms with Crippen molar-refractivity contribution in [1.29, 1.82) is 0 Å². The molecule has 1 fully saturated rings. The average molecular weight is 361 g/mol. The number of amides is 2. The molecule has 1 aliphatic rings. The minimum Gasteiger partial charge on any atom is -0.369 e. The van der Waals surface area contributed by atoms with Crippen molar-refractivity contribution in [1.82, 2.24) is 15.2 Å². The predicted octanol–water partition coefficient (Wildman–Crippen LogP) is 1.82. The number of benzene rings is 1. The van der Waals surface area contributed by atoms with Gasteiger partial charge >= 0.3 is 0 Å². The Balaban J connectivity index is 1.56. The van der Waals surface area contributed by atoms with Crippen LogP contribution in [0.15, 0.2) is 30.3 Å². The standard InChI is InChI=1S/C18H21ClN4O2/c19-14-5-1-3-12-6-7-15(22-16(12)14)18(25)21-8-10-23-9-2-4-13(11-23)17(20)24/h1,3,5-7,13H,2,4,8-11H2,(H2,20,24)(H,21,25)/t13-/m1/s1. The fourth-order valence-corrected chi connectivity index (χ4v) is 3.37. The summed E-state index contributed by atoms with van der Waals surface area (Å²) >= 11 is 6.14. The molecule has 0 unspecified atom stereocenters. The number of nitrogens with two attached hydrogens (primary N) is 1. The summed E-state index contributed by atoms with van der Waals surface area (Å²) in [5, 5.41) is 4.30. The number of carbonyl (C=O) groups is 2. The first-order valence-electron chi connectivity index (χ1n) is 8.40. The fraction of sp³-hybridized carbons (Fsp3) is 0.389. The van der Waals surface area contributed by atoms with Crippen LogP contribution in [0.25, 0.3) is 10.9 Å². The Morgan fingerprint density at radius 1 is 1.32 bits per heavy atom. The molecule has 3 rings (SSSR count). The van der Waals surface area contributed by atoms with E-state index in [1.165, 1.54) is 0 Å². The van der Waals surface area contributed by atoms with E-state index in [4.69, 9.17) is 17.3 Å². The topological polar surface area (TPSA) is 88.3 Å². The number of aromatic nitrogens is 1. The summed E-state index contributed by atoms with van der Waals surface area (Å²) in [5.74, 6) is -0.565. The lowest BCUT2D eigenvalue weighted by Gasteiger charge is -2.31. The van der Waals surface area contributed by atoms with Gasteiger partial charge in [0.15, 0.2) is 0 Å². The number of piperidine rings is 1. The average Bonchev–Trinajstić information content (AvgIpc) is 2.62. The zero-order valence-corrected chi connectivity index (χ0v) is 14.6. The molecule has 7 heteroatoms. The van der Waals surface area contributed by atoms with Crippen molar-refractivity contribution in [2.24, 2.45) is 11.7 Å². The molecule has 2 amide bonds. The van der Waals surface area contributed by atoms with Gasteiger partial charge in [0.1, 0.15) is 5.69 Å². The largest absolute Gasteiger partial charge is 0.369 e. The smallest absolute Gasteiger partial charge is 0.269 e. The van der Waals surface area contributed by atoms with Gasteiger partial charge in [-0.05, 0) is 31.5 Å². The molecule has 1 aromatic heterocycles. The number of nitrogens with one attached hydrogen (secondary N) is 1. The molecule has 1 atom stereocenters. The van der Waals surface area contributed by atoms with Crippen LogP contribution >= 0.6 is 11.6 Å². The third kappa shape index (κ3) is 4.27. The molecular formula is C18H21ClN4O2. The van der Waals surface area contributed by atoms with Crippen LogP contribution in [0.1, 0.15) is 23.3 Å². The lowest BCUT2D eigenvalue weighted by Crippen LogP contribution is -2.44. The van der Waals surface area contributed by atoms with Gasteiger partial charge in [-0.1, -0.05) is 29.8 Å². The van der Waals surface area contributed by atoms with Crippen molar-refractivity contribution >= 4 is 34.3 Å². The number of nitrogens with zero attached hydrogens (tertiary/aromatic N) is 2. The molecule has 1 aromatic carbocycles. The van der Waals surface area contributed by atoms with Gasteiger partial charge < -0.3 is 16.0 Å². The Hall–Kier alpha value is -2.18. The number of fused-ring (bicyclic) bond motifs is 1. The van der Waals surface area contributed by atoms with E-state index in [1.807, 2.05) is 18.2 Å². The zero-order chi connectivity index (χ0) is 17.8. The first kappa shape index (κ1) is 17.6. The Bertz CT molecular complexity index is 796. The normalized spacial score (nSPS) is 18.2. The number of carbonyl (C=O) groups excluding carboxylic acids is 2. The summed E-state index contributed by atoms with van der Waals surface area (Å²) in [6.07, 6.45) is 1.80. The molecule has 25 heavy (non-hydrogen) atoms. The Labute approximate surface area is 151 Å². The van der Waals surface area contributed by atoms with E-state index >= 15 is 0 Å². The zero-order valence-electron chi connectivity index (χ0n) is 13.9. The van der Waals surface area contributed by atoms with Crippen molar-refractivity contribution in [3.63, 3.8) is 0 Å². The Kier molecular flexibility index (Phi) is 5.50. The first-order valence-corrected chi connectivity index (χ1v) is 8.77. The molecule has 0 radical (unpaired) electrons. The molecule has 3 N–H and O–H groups in total. The van der Waals surface area contributed by atoms with Crippen molar-refractivity contribution < 1.29 is 9.59 Å². The van der Waals surface area contributed by atoms with E-state index in [1.54, 1.807) is 12.1 Å². The van der Waals surface area contributed by atoms with E-state index in [2.05, 4.69) is 15.2 Å². The van der Waals surface area contributed by atoms with Gasteiger partial charge in [-0.15, -0.1) is 0 Å². The Morgan fingerprint density at radius 2 is 2.16 bits per heavy atom. The molecule has 1 saturated heterocycles. The monoisotopic (exact) mass is 360 g/mol. The van der Waals surface area contributed by atoms with Crippen molar-refractivity contribution in [2.75, 3.05) is 26.2 Å². The van der Waals surface area contributed by atoms with Gasteiger partial charge in [-0.2, -0.15) is 0 Å². The van der Waals surface area contributed by atoms with Gasteiger partial charge in [0.05, 0.1) is 16.5 Å². The molecule has 0 aliphatic carbocycles. The summed E-state index contributed by atoms with van der Waals surface area (Å²) in [6.45, 7) is 2.76. The van der Waals surface area contributed by atoms with Crippen LogP contribution in [0.3, 0.4) is 0 Å². The second-order valence-corrected chi connectivity index (χ2v) is 6.71. The summed E-state index contributed by atoms with van der Waals surface area (Å²) in [7, 11) is 0. The fourth-order valence-electron chi connectivity index (χ4n) is 3.15. The molecule has 2 aromatic rings. The minimum atomic E-state index is -0.244. The van der Waals surface area contributed by atoms with E-state index in [0.29, 0.717) is 35.9 Å². The van der Waals surface area contributed by atoms with Crippen molar-refractivity contribution in [3.05, 3.63) is 41.0 Å². The highest BCUT2D eigenvalue weighted by atomic mass is 35.5. The van der Waals surface area contributed by atoms with E-state index in [9.17, 15) is 9.59 Å². The number of likely N-dealkylation sites (tertiary alicyclic amines) is 1. The predicted molar refractivity (Wildman–Crippen MR) is 97.4 cm³/mol. The molecule has 2 heterocycles. The summed E-state index contributed by atoms with van der Waals surface area (Å²) in [5.41, 5.74) is 6.35. The molecule has 0 spiro atoms. The van der Waals surface area contributed by atoms with Gasteiger partial charge in [-0.25, -0.2) is 4.98 Å². The second-order valence-electron chi connectivity index (χ2n) is 6.31. The number of rotatable bonds is 5. The lowest BCUT2D eigenvalue weighted by atomic mass is 9.97. The molecule has 1 aliphatic heterocycles.